The van der Waals surface area contributed by atoms with Gasteiger partial charge in [-0.15, -0.1) is 0 Å². The number of Topliss-reactive ketones (excluding diaryl/α,β-unsaturated/α-hetero) is 1. The predicted molar refractivity (Wildman–Crippen MR) is 103 cm³/mol. The predicted octanol–water partition coefficient (Wildman–Crippen LogP) is 5.35. The fraction of sp³-hybridized carbons (Fsp3) is 0.409. The van der Waals surface area contributed by atoms with Gasteiger partial charge in [-0.3, -0.25) is 4.79 Å². The summed E-state index contributed by atoms with van der Waals surface area (Å²) in [7, 11) is 0. The second kappa shape index (κ2) is 6.80. The normalized spacial score (nSPS) is 15.4. The number of allylic oxidation sites excluding steroid dienone is 4. The first-order chi connectivity index (χ1) is 11.5. The van der Waals surface area contributed by atoms with Crippen LogP contribution in [0.5, 0.6) is 0 Å². The van der Waals surface area contributed by atoms with Crippen molar-refractivity contribution in [2.45, 2.75) is 48.0 Å². The van der Waals surface area contributed by atoms with Crippen LogP contribution in [0.15, 0.2) is 52.6 Å². The fourth-order valence-corrected chi connectivity index (χ4v) is 2.72. The van der Waals surface area contributed by atoms with Crippen molar-refractivity contribution in [1.82, 2.24) is 0 Å². The van der Waals surface area contributed by atoms with E-state index in [4.69, 9.17) is 10.3 Å². The van der Waals surface area contributed by atoms with Gasteiger partial charge < -0.3 is 0 Å². The SMILES string of the molecule is CC(C)(C)C1=CC(=Nc2ccc(CC#N)cc2)C=C(C(C)(C)C)C1=O. The van der Waals surface area contributed by atoms with Gasteiger partial charge >= 0.3 is 0 Å². The van der Waals surface area contributed by atoms with Gasteiger partial charge in [0.2, 0.25) is 0 Å². The van der Waals surface area contributed by atoms with E-state index in [2.05, 4.69) is 47.6 Å². The average Bonchev–Trinajstić information content (AvgIpc) is 2.49. The summed E-state index contributed by atoms with van der Waals surface area (Å²) >= 11 is 0. The number of rotatable bonds is 2. The molecule has 130 valence electrons. The molecule has 0 saturated carbocycles. The molecule has 0 spiro atoms. The topological polar surface area (TPSA) is 53.2 Å². The summed E-state index contributed by atoms with van der Waals surface area (Å²) in [5.74, 6) is 0.114. The Kier molecular flexibility index (Phi) is 5.13. The van der Waals surface area contributed by atoms with Crippen molar-refractivity contribution in [3.05, 3.63) is 53.1 Å². The Bertz CT molecular complexity index is 766. The van der Waals surface area contributed by atoms with Gasteiger partial charge in [0, 0.05) is 11.1 Å². The molecule has 2 rings (SSSR count). The third-order valence-electron chi connectivity index (χ3n) is 4.17. The van der Waals surface area contributed by atoms with Crippen LogP contribution in [0.4, 0.5) is 5.69 Å². The first-order valence-corrected chi connectivity index (χ1v) is 8.56. The van der Waals surface area contributed by atoms with Crippen LogP contribution in [0, 0.1) is 22.2 Å². The van der Waals surface area contributed by atoms with E-state index < -0.39 is 0 Å². The van der Waals surface area contributed by atoms with E-state index in [1.807, 2.05) is 36.4 Å². The van der Waals surface area contributed by atoms with Crippen molar-refractivity contribution in [1.29, 1.82) is 5.26 Å². The summed E-state index contributed by atoms with van der Waals surface area (Å²) in [6.45, 7) is 12.3. The molecule has 3 heteroatoms. The first kappa shape index (κ1) is 18.9. The maximum Gasteiger partial charge on any atom is 0.186 e. The zero-order valence-electron chi connectivity index (χ0n) is 16.0. The second-order valence-electron chi connectivity index (χ2n) is 8.48. The van der Waals surface area contributed by atoms with Gasteiger partial charge in [-0.1, -0.05) is 53.7 Å². The van der Waals surface area contributed by atoms with Crippen LogP contribution in [0.25, 0.3) is 0 Å². The van der Waals surface area contributed by atoms with Gasteiger partial charge in [-0.2, -0.15) is 5.26 Å². The number of hydrogen-bond acceptors (Lipinski definition) is 3. The van der Waals surface area contributed by atoms with Crippen LogP contribution in [0.3, 0.4) is 0 Å². The van der Waals surface area contributed by atoms with Crippen molar-refractivity contribution in [2.24, 2.45) is 15.8 Å². The van der Waals surface area contributed by atoms with E-state index in [-0.39, 0.29) is 16.6 Å². The Morgan fingerprint density at radius 1 is 0.920 bits per heavy atom. The van der Waals surface area contributed by atoms with Crippen molar-refractivity contribution in [3.63, 3.8) is 0 Å². The molecule has 0 aliphatic heterocycles. The van der Waals surface area contributed by atoms with Crippen LogP contribution in [-0.4, -0.2) is 11.5 Å². The number of nitriles is 1. The molecule has 0 heterocycles. The molecule has 1 aliphatic carbocycles. The van der Waals surface area contributed by atoms with Gasteiger partial charge in [-0.25, -0.2) is 4.99 Å². The molecule has 1 aromatic carbocycles. The summed E-state index contributed by atoms with van der Waals surface area (Å²) in [5, 5.41) is 8.76. The van der Waals surface area contributed by atoms with Crippen molar-refractivity contribution in [2.75, 3.05) is 0 Å². The molecule has 0 fully saturated rings. The highest BCUT2D eigenvalue weighted by Gasteiger charge is 2.34. The lowest BCUT2D eigenvalue weighted by Gasteiger charge is -2.31. The fourth-order valence-electron chi connectivity index (χ4n) is 2.72. The number of benzene rings is 1. The number of hydrogen-bond donors (Lipinski definition) is 0. The highest BCUT2D eigenvalue weighted by atomic mass is 16.1. The highest BCUT2D eigenvalue weighted by molar-refractivity contribution is 6.23. The van der Waals surface area contributed by atoms with Crippen LogP contribution >= 0.6 is 0 Å². The number of carbonyl (C=O) groups excluding carboxylic acids is 1. The quantitative estimate of drug-likeness (QED) is 0.684. The molecular weight excluding hydrogens is 308 g/mol. The number of carbonyl (C=O) groups is 1. The van der Waals surface area contributed by atoms with E-state index in [1.165, 1.54) is 0 Å². The molecule has 1 aromatic rings. The number of nitrogens with zero attached hydrogens (tertiary/aromatic N) is 2. The lowest BCUT2D eigenvalue weighted by molar-refractivity contribution is -0.114. The molecule has 3 nitrogen and oxygen atoms in total. The Hall–Kier alpha value is -2.47. The highest BCUT2D eigenvalue weighted by Crippen LogP contribution is 2.37. The van der Waals surface area contributed by atoms with Crippen molar-refractivity contribution in [3.8, 4) is 6.07 Å². The zero-order valence-corrected chi connectivity index (χ0v) is 16.0. The third-order valence-corrected chi connectivity index (χ3v) is 4.17. The lowest BCUT2D eigenvalue weighted by Crippen LogP contribution is -2.29. The van der Waals surface area contributed by atoms with Crippen LogP contribution in [0.2, 0.25) is 0 Å². The summed E-state index contributed by atoms with van der Waals surface area (Å²) in [6, 6.07) is 9.79. The molecule has 1 aliphatic rings. The third kappa shape index (κ3) is 4.54. The Labute approximate surface area is 150 Å². The monoisotopic (exact) mass is 334 g/mol. The number of ketones is 1. The molecule has 0 radical (unpaired) electrons. The van der Waals surface area contributed by atoms with Gasteiger partial charge in [0.15, 0.2) is 5.78 Å². The smallest absolute Gasteiger partial charge is 0.186 e. The Balaban J connectivity index is 2.49. The number of aliphatic imine (C=N–C) groups is 1. The summed E-state index contributed by atoms with van der Waals surface area (Å²) in [4.78, 5) is 17.6. The van der Waals surface area contributed by atoms with Gasteiger partial charge in [0.1, 0.15) is 0 Å². The van der Waals surface area contributed by atoms with Gasteiger partial charge in [0.05, 0.1) is 23.9 Å². The standard InChI is InChI=1S/C22H26N2O/c1-21(2,3)18-13-17(14-19(20(18)25)22(4,5)6)24-16-9-7-15(8-10-16)11-12-23/h7-10,13-14H,11H2,1-6H3. The van der Waals surface area contributed by atoms with Gasteiger partial charge in [0.25, 0.3) is 0 Å². The van der Waals surface area contributed by atoms with Gasteiger partial charge in [-0.05, 0) is 40.7 Å². The first-order valence-electron chi connectivity index (χ1n) is 8.56. The van der Waals surface area contributed by atoms with Crippen LogP contribution in [0.1, 0.15) is 47.1 Å². The molecule has 0 N–H and O–H groups in total. The molecule has 0 saturated heterocycles. The van der Waals surface area contributed by atoms with E-state index in [0.29, 0.717) is 6.42 Å². The van der Waals surface area contributed by atoms with Crippen molar-refractivity contribution < 1.29 is 4.79 Å². The minimum atomic E-state index is -0.237. The van der Waals surface area contributed by atoms with E-state index in [9.17, 15) is 4.79 Å². The molecular formula is C22H26N2O. The summed E-state index contributed by atoms with van der Waals surface area (Å²) < 4.78 is 0. The molecule has 0 unspecified atom stereocenters. The molecule has 25 heavy (non-hydrogen) atoms. The molecule has 0 atom stereocenters. The molecule has 0 aromatic heterocycles. The molecule has 0 amide bonds. The molecule has 0 bridgehead atoms. The maximum atomic E-state index is 12.9. The minimum Gasteiger partial charge on any atom is -0.289 e. The van der Waals surface area contributed by atoms with E-state index >= 15 is 0 Å². The van der Waals surface area contributed by atoms with Crippen LogP contribution < -0.4 is 0 Å². The Morgan fingerprint density at radius 2 is 1.40 bits per heavy atom. The van der Waals surface area contributed by atoms with E-state index in [1.54, 1.807) is 0 Å². The summed E-state index contributed by atoms with van der Waals surface area (Å²) in [6.07, 6.45) is 4.20. The largest absolute Gasteiger partial charge is 0.289 e. The zero-order chi connectivity index (χ0) is 18.8. The second-order valence-corrected chi connectivity index (χ2v) is 8.48. The maximum absolute atomic E-state index is 12.9. The average molecular weight is 334 g/mol. The lowest BCUT2D eigenvalue weighted by atomic mass is 9.72. The van der Waals surface area contributed by atoms with E-state index in [0.717, 1.165) is 28.1 Å². The minimum absolute atomic E-state index is 0.114. The van der Waals surface area contributed by atoms with Crippen molar-refractivity contribution >= 4 is 17.2 Å². The Morgan fingerprint density at radius 3 is 1.80 bits per heavy atom. The summed E-state index contributed by atoms with van der Waals surface area (Å²) in [5.41, 5.74) is 3.70. The van der Waals surface area contributed by atoms with Crippen LogP contribution in [-0.2, 0) is 11.2 Å².